The molecule has 2 aromatic carbocycles. The highest BCUT2D eigenvalue weighted by Gasteiger charge is 2.03. The fourth-order valence-corrected chi connectivity index (χ4v) is 3.01. The maximum atomic E-state index is 5.76. The number of benzene rings is 2. The van der Waals surface area contributed by atoms with Crippen molar-refractivity contribution in [3.63, 3.8) is 0 Å². The molecule has 0 N–H and O–H groups in total. The summed E-state index contributed by atoms with van der Waals surface area (Å²) >= 11 is 0. The van der Waals surface area contributed by atoms with Crippen LogP contribution < -0.4 is 18.9 Å². The zero-order chi connectivity index (χ0) is 24.4. The standard InChI is InChI=1S/C26H38O8/c1-21-15-23(31-11-5-27-3)19-25(17-21)33-13-9-29-7-8-30-10-14-34-26-18-22(2)16-24(20-26)32-12-6-28-4/h15-20H,5-14H2,1-4H3. The zero-order valence-corrected chi connectivity index (χ0v) is 20.8. The summed E-state index contributed by atoms with van der Waals surface area (Å²) in [7, 11) is 3.30. The molecule has 0 saturated heterocycles. The molecule has 190 valence electrons. The number of hydrogen-bond acceptors (Lipinski definition) is 8. The van der Waals surface area contributed by atoms with Crippen LogP contribution in [0.4, 0.5) is 0 Å². The molecule has 0 fully saturated rings. The molecular formula is C26H38O8. The fourth-order valence-electron chi connectivity index (χ4n) is 3.01. The van der Waals surface area contributed by atoms with Crippen molar-refractivity contribution in [1.82, 2.24) is 0 Å². The van der Waals surface area contributed by atoms with Gasteiger partial charge in [0.1, 0.15) is 49.4 Å². The van der Waals surface area contributed by atoms with Gasteiger partial charge in [0.15, 0.2) is 0 Å². The van der Waals surface area contributed by atoms with Gasteiger partial charge in [-0.25, -0.2) is 0 Å². The molecule has 0 heterocycles. The van der Waals surface area contributed by atoms with Crippen molar-refractivity contribution in [2.24, 2.45) is 0 Å². The van der Waals surface area contributed by atoms with E-state index in [4.69, 9.17) is 37.9 Å². The summed E-state index contributed by atoms with van der Waals surface area (Å²) < 4.78 is 44.0. The zero-order valence-electron chi connectivity index (χ0n) is 20.8. The maximum absolute atomic E-state index is 5.76. The lowest BCUT2D eigenvalue weighted by Crippen LogP contribution is -2.13. The third-order valence-corrected chi connectivity index (χ3v) is 4.53. The van der Waals surface area contributed by atoms with Crippen LogP contribution in [0.5, 0.6) is 23.0 Å². The summed E-state index contributed by atoms with van der Waals surface area (Å²) in [5.41, 5.74) is 2.14. The second-order valence-corrected chi connectivity index (χ2v) is 7.57. The molecule has 0 aromatic heterocycles. The molecule has 8 nitrogen and oxygen atoms in total. The molecule has 0 saturated carbocycles. The SMILES string of the molecule is COCCOc1cc(C)cc(OCCOCCOCCOc2cc(C)cc(OCCOC)c2)c1. The summed E-state index contributed by atoms with van der Waals surface area (Å²) in [5, 5.41) is 0. The van der Waals surface area contributed by atoms with Gasteiger partial charge in [-0.3, -0.25) is 0 Å². The van der Waals surface area contributed by atoms with Crippen LogP contribution in [0.15, 0.2) is 36.4 Å². The quantitative estimate of drug-likeness (QED) is 0.282. The van der Waals surface area contributed by atoms with E-state index in [0.29, 0.717) is 66.1 Å². The van der Waals surface area contributed by atoms with Crippen LogP contribution >= 0.6 is 0 Å². The third kappa shape index (κ3) is 12.1. The number of hydrogen-bond donors (Lipinski definition) is 0. The minimum absolute atomic E-state index is 0.451. The Balaban J connectivity index is 1.52. The summed E-state index contributed by atoms with van der Waals surface area (Å²) in [4.78, 5) is 0. The van der Waals surface area contributed by atoms with Crippen molar-refractivity contribution in [2.45, 2.75) is 13.8 Å². The van der Waals surface area contributed by atoms with Gasteiger partial charge < -0.3 is 37.9 Å². The van der Waals surface area contributed by atoms with E-state index in [9.17, 15) is 0 Å². The highest BCUT2D eigenvalue weighted by Crippen LogP contribution is 2.23. The first kappa shape index (κ1) is 27.7. The molecule has 0 radical (unpaired) electrons. The summed E-state index contributed by atoms with van der Waals surface area (Å²) in [6.07, 6.45) is 0. The molecule has 2 rings (SSSR count). The molecule has 0 unspecified atom stereocenters. The molecular weight excluding hydrogens is 440 g/mol. The Labute approximate surface area is 203 Å². The van der Waals surface area contributed by atoms with Crippen LogP contribution in [0, 0.1) is 13.8 Å². The Hall–Kier alpha value is -2.52. The van der Waals surface area contributed by atoms with Crippen molar-refractivity contribution in [2.75, 3.05) is 80.3 Å². The maximum Gasteiger partial charge on any atom is 0.123 e. The average Bonchev–Trinajstić information content (AvgIpc) is 2.80. The molecule has 0 amide bonds. The van der Waals surface area contributed by atoms with Crippen LogP contribution in [-0.2, 0) is 18.9 Å². The van der Waals surface area contributed by atoms with E-state index in [2.05, 4.69) is 0 Å². The summed E-state index contributed by atoms with van der Waals surface area (Å²) in [6.45, 7) is 8.93. The van der Waals surface area contributed by atoms with Gasteiger partial charge in [-0.1, -0.05) is 0 Å². The first-order valence-electron chi connectivity index (χ1n) is 11.5. The van der Waals surface area contributed by atoms with Crippen molar-refractivity contribution in [3.05, 3.63) is 47.5 Å². The van der Waals surface area contributed by atoms with Gasteiger partial charge in [0, 0.05) is 26.4 Å². The molecule has 0 aliphatic carbocycles. The number of aryl methyl sites for hydroxylation is 2. The second kappa shape index (κ2) is 17.0. The minimum atomic E-state index is 0.451. The molecule has 2 aromatic rings. The van der Waals surface area contributed by atoms with Crippen LogP contribution in [0.1, 0.15) is 11.1 Å². The summed E-state index contributed by atoms with van der Waals surface area (Å²) in [5.74, 6) is 3.05. The van der Waals surface area contributed by atoms with Crippen LogP contribution in [0.2, 0.25) is 0 Å². The smallest absolute Gasteiger partial charge is 0.123 e. The predicted molar refractivity (Wildman–Crippen MR) is 130 cm³/mol. The molecule has 0 spiro atoms. The van der Waals surface area contributed by atoms with Crippen molar-refractivity contribution < 1.29 is 37.9 Å². The van der Waals surface area contributed by atoms with Crippen LogP contribution in [0.25, 0.3) is 0 Å². The predicted octanol–water partition coefficient (Wildman–Crippen LogP) is 3.84. The van der Waals surface area contributed by atoms with Crippen molar-refractivity contribution >= 4 is 0 Å². The number of methoxy groups -OCH3 is 2. The van der Waals surface area contributed by atoms with Gasteiger partial charge in [-0.15, -0.1) is 0 Å². The van der Waals surface area contributed by atoms with Gasteiger partial charge >= 0.3 is 0 Å². The normalized spacial score (nSPS) is 10.8. The second-order valence-electron chi connectivity index (χ2n) is 7.57. The molecule has 0 atom stereocenters. The highest BCUT2D eigenvalue weighted by atomic mass is 16.6. The third-order valence-electron chi connectivity index (χ3n) is 4.53. The topological polar surface area (TPSA) is 73.8 Å². The van der Waals surface area contributed by atoms with E-state index in [1.165, 1.54) is 0 Å². The van der Waals surface area contributed by atoms with E-state index in [0.717, 1.165) is 34.1 Å². The molecule has 0 aliphatic rings. The number of ether oxygens (including phenoxy) is 8. The molecule has 34 heavy (non-hydrogen) atoms. The minimum Gasteiger partial charge on any atom is -0.491 e. The Morgan fingerprint density at radius 2 is 0.706 bits per heavy atom. The number of rotatable bonds is 19. The molecule has 0 aliphatic heterocycles. The van der Waals surface area contributed by atoms with E-state index in [-0.39, 0.29) is 0 Å². The lowest BCUT2D eigenvalue weighted by molar-refractivity contribution is 0.0273. The van der Waals surface area contributed by atoms with E-state index < -0.39 is 0 Å². The first-order chi connectivity index (χ1) is 16.6. The monoisotopic (exact) mass is 478 g/mol. The Morgan fingerprint density at radius 1 is 0.412 bits per heavy atom. The largest absolute Gasteiger partial charge is 0.491 e. The fraction of sp³-hybridized carbons (Fsp3) is 0.538. The molecule has 0 bridgehead atoms. The van der Waals surface area contributed by atoms with Gasteiger partial charge in [0.05, 0.1) is 39.6 Å². The highest BCUT2D eigenvalue weighted by molar-refractivity contribution is 5.38. The van der Waals surface area contributed by atoms with Gasteiger partial charge in [0.25, 0.3) is 0 Å². The summed E-state index contributed by atoms with van der Waals surface area (Å²) in [6, 6.07) is 11.6. The van der Waals surface area contributed by atoms with E-state index >= 15 is 0 Å². The molecule has 8 heteroatoms. The van der Waals surface area contributed by atoms with Crippen molar-refractivity contribution in [3.8, 4) is 23.0 Å². The Kier molecular flexibility index (Phi) is 13.9. The lowest BCUT2D eigenvalue weighted by Gasteiger charge is -2.12. The van der Waals surface area contributed by atoms with E-state index in [1.807, 2.05) is 50.2 Å². The van der Waals surface area contributed by atoms with Crippen LogP contribution in [-0.4, -0.2) is 80.3 Å². The Bertz CT molecular complexity index is 744. The van der Waals surface area contributed by atoms with E-state index in [1.54, 1.807) is 14.2 Å². The van der Waals surface area contributed by atoms with Gasteiger partial charge in [0.2, 0.25) is 0 Å². The average molecular weight is 479 g/mol. The lowest BCUT2D eigenvalue weighted by atomic mass is 10.2. The Morgan fingerprint density at radius 3 is 1.03 bits per heavy atom. The van der Waals surface area contributed by atoms with Gasteiger partial charge in [-0.2, -0.15) is 0 Å². The first-order valence-corrected chi connectivity index (χ1v) is 11.5. The van der Waals surface area contributed by atoms with Gasteiger partial charge in [-0.05, 0) is 49.2 Å². The van der Waals surface area contributed by atoms with Crippen molar-refractivity contribution in [1.29, 1.82) is 0 Å². The van der Waals surface area contributed by atoms with Crippen LogP contribution in [0.3, 0.4) is 0 Å².